The summed E-state index contributed by atoms with van der Waals surface area (Å²) in [5.41, 5.74) is 0.700. The summed E-state index contributed by atoms with van der Waals surface area (Å²) in [6.07, 6.45) is 2.23. The number of rotatable bonds is 1. The third kappa shape index (κ3) is 2.35. The van der Waals surface area contributed by atoms with Gasteiger partial charge in [-0.05, 0) is 33.6 Å². The van der Waals surface area contributed by atoms with Crippen molar-refractivity contribution in [1.29, 1.82) is 0 Å². The van der Waals surface area contributed by atoms with Gasteiger partial charge in [0.05, 0.1) is 0 Å². The lowest BCUT2D eigenvalue weighted by Gasteiger charge is -2.31. The highest BCUT2D eigenvalue weighted by atomic mass is 31.2. The highest BCUT2D eigenvalue weighted by Gasteiger charge is 2.42. The molecule has 2 nitrogen and oxygen atoms in total. The first-order valence-corrected chi connectivity index (χ1v) is 6.99. The summed E-state index contributed by atoms with van der Waals surface area (Å²) in [6, 6.07) is 0. The molecule has 0 spiro atoms. The van der Waals surface area contributed by atoms with Crippen LogP contribution in [0, 0.1) is 0 Å². The number of hydrogen-bond donors (Lipinski definition) is 1. The Hall–Kier alpha value is 0.190. The summed E-state index contributed by atoms with van der Waals surface area (Å²) in [5.74, 6) is 0. The molecular formula is C10H22NOP. The first-order valence-electron chi connectivity index (χ1n) is 5.14. The number of nitrogens with one attached hydrogen (secondary N) is 1. The third-order valence-corrected chi connectivity index (χ3v) is 6.98. The quantitative estimate of drug-likeness (QED) is 0.663. The minimum Gasteiger partial charge on any atom is -0.306 e. The summed E-state index contributed by atoms with van der Waals surface area (Å²) < 4.78 is 12.6. The molecule has 0 bridgehead atoms. The van der Waals surface area contributed by atoms with Gasteiger partial charge in [0.15, 0.2) is 7.29 Å². The summed E-state index contributed by atoms with van der Waals surface area (Å²) in [6.45, 7) is 10.5. The van der Waals surface area contributed by atoms with Crippen LogP contribution in [-0.4, -0.2) is 16.9 Å². The summed E-state index contributed by atoms with van der Waals surface area (Å²) in [5, 5.41) is 3.35. The zero-order valence-electron chi connectivity index (χ0n) is 9.42. The van der Waals surface area contributed by atoms with Crippen LogP contribution in [0.1, 0.15) is 47.5 Å². The molecule has 0 radical (unpaired) electrons. The van der Waals surface area contributed by atoms with E-state index in [1.54, 1.807) is 0 Å². The number of hydrogen-bond acceptors (Lipinski definition) is 1. The van der Waals surface area contributed by atoms with Crippen molar-refractivity contribution < 1.29 is 4.57 Å². The van der Waals surface area contributed by atoms with Gasteiger partial charge in [-0.2, -0.15) is 0 Å². The van der Waals surface area contributed by atoms with Crippen molar-refractivity contribution in [2.24, 2.45) is 0 Å². The molecule has 0 aliphatic carbocycles. The van der Waals surface area contributed by atoms with Gasteiger partial charge in [0.25, 0.3) is 0 Å². The van der Waals surface area contributed by atoms with Crippen LogP contribution in [0.3, 0.4) is 0 Å². The Labute approximate surface area is 81.9 Å². The van der Waals surface area contributed by atoms with E-state index in [1.165, 1.54) is 0 Å². The van der Waals surface area contributed by atoms with Crippen molar-refractivity contribution in [3.8, 4) is 0 Å². The van der Waals surface area contributed by atoms with E-state index in [2.05, 4.69) is 39.7 Å². The minimum atomic E-state index is -2.12. The van der Waals surface area contributed by atoms with Crippen LogP contribution >= 0.6 is 7.29 Å². The zero-order chi connectivity index (χ0) is 10.3. The van der Waals surface area contributed by atoms with Crippen molar-refractivity contribution in [3.05, 3.63) is 0 Å². The molecule has 1 saturated heterocycles. The van der Waals surface area contributed by atoms with E-state index in [4.69, 9.17) is 0 Å². The molecular weight excluding hydrogens is 181 g/mol. The van der Waals surface area contributed by atoms with Gasteiger partial charge in [0.2, 0.25) is 0 Å². The molecule has 0 saturated carbocycles. The van der Waals surface area contributed by atoms with Crippen LogP contribution in [0.2, 0.25) is 0 Å². The monoisotopic (exact) mass is 203 g/mol. The predicted molar refractivity (Wildman–Crippen MR) is 58.7 cm³/mol. The van der Waals surface area contributed by atoms with Crippen molar-refractivity contribution in [2.75, 3.05) is 0 Å². The van der Waals surface area contributed by atoms with Crippen LogP contribution in [0.25, 0.3) is 0 Å². The maximum Gasteiger partial charge on any atom is 0.153 e. The molecule has 0 aromatic rings. The maximum absolute atomic E-state index is 12.6. The van der Waals surface area contributed by atoms with Crippen molar-refractivity contribution in [1.82, 2.24) is 5.09 Å². The lowest BCUT2D eigenvalue weighted by Crippen LogP contribution is -2.36. The van der Waals surface area contributed by atoms with Gasteiger partial charge < -0.3 is 4.57 Å². The Morgan fingerprint density at radius 2 is 1.54 bits per heavy atom. The van der Waals surface area contributed by atoms with Crippen LogP contribution in [0.15, 0.2) is 0 Å². The summed E-state index contributed by atoms with van der Waals surface area (Å²) in [7, 11) is -2.12. The largest absolute Gasteiger partial charge is 0.306 e. The average Bonchev–Trinajstić information content (AvgIpc) is 2.14. The fourth-order valence-corrected chi connectivity index (χ4v) is 5.47. The van der Waals surface area contributed by atoms with Crippen LogP contribution in [0.5, 0.6) is 0 Å². The lowest BCUT2D eigenvalue weighted by molar-refractivity contribution is 0.483. The molecule has 1 aliphatic heterocycles. The maximum atomic E-state index is 12.6. The second-order valence-electron chi connectivity index (χ2n) is 5.35. The van der Waals surface area contributed by atoms with E-state index in [9.17, 15) is 4.57 Å². The molecule has 1 fully saturated rings. The molecule has 0 amide bonds. The van der Waals surface area contributed by atoms with Crippen molar-refractivity contribution in [3.63, 3.8) is 0 Å². The van der Waals surface area contributed by atoms with Gasteiger partial charge in [-0.15, -0.1) is 0 Å². The molecule has 3 heteroatoms. The Kier molecular flexibility index (Phi) is 2.95. The van der Waals surface area contributed by atoms with Gasteiger partial charge in [0.1, 0.15) is 0 Å². The normalized spacial score (nSPS) is 41.0. The molecule has 0 aromatic carbocycles. The highest BCUT2D eigenvalue weighted by molar-refractivity contribution is 7.63. The SMILES string of the molecule is CC1CCC(C)P1(=O)NC(C)(C)C. The van der Waals surface area contributed by atoms with Crippen LogP contribution in [0.4, 0.5) is 0 Å². The third-order valence-electron chi connectivity index (χ3n) is 2.82. The molecule has 1 N–H and O–H groups in total. The lowest BCUT2D eigenvalue weighted by atomic mass is 10.1. The molecule has 13 heavy (non-hydrogen) atoms. The van der Waals surface area contributed by atoms with E-state index in [-0.39, 0.29) is 5.54 Å². The van der Waals surface area contributed by atoms with E-state index < -0.39 is 7.29 Å². The average molecular weight is 203 g/mol. The fraction of sp³-hybridized carbons (Fsp3) is 1.00. The Balaban J connectivity index is 2.80. The van der Waals surface area contributed by atoms with E-state index >= 15 is 0 Å². The van der Waals surface area contributed by atoms with Gasteiger partial charge in [0, 0.05) is 16.9 Å². The summed E-state index contributed by atoms with van der Waals surface area (Å²) in [4.78, 5) is 0. The summed E-state index contributed by atoms with van der Waals surface area (Å²) >= 11 is 0. The van der Waals surface area contributed by atoms with Crippen molar-refractivity contribution in [2.45, 2.75) is 64.3 Å². The molecule has 2 atom stereocenters. The van der Waals surface area contributed by atoms with E-state index in [0.29, 0.717) is 11.3 Å². The Bertz CT molecular complexity index is 218. The van der Waals surface area contributed by atoms with Crippen molar-refractivity contribution >= 4 is 7.29 Å². The molecule has 78 valence electrons. The molecule has 1 aliphatic rings. The topological polar surface area (TPSA) is 29.1 Å². The smallest absolute Gasteiger partial charge is 0.153 e. The first kappa shape index (κ1) is 11.3. The van der Waals surface area contributed by atoms with Crippen LogP contribution in [-0.2, 0) is 4.57 Å². The highest BCUT2D eigenvalue weighted by Crippen LogP contribution is 2.60. The minimum absolute atomic E-state index is 0.0254. The molecule has 2 unspecified atom stereocenters. The fourth-order valence-electron chi connectivity index (χ4n) is 2.05. The predicted octanol–water partition coefficient (Wildman–Crippen LogP) is 3.22. The molecule has 1 rings (SSSR count). The van der Waals surface area contributed by atoms with Crippen LogP contribution < -0.4 is 5.09 Å². The second kappa shape index (κ2) is 3.40. The Morgan fingerprint density at radius 3 is 1.85 bits per heavy atom. The standard InChI is InChI=1S/C10H22NOP/c1-8-6-7-9(2)13(8,12)11-10(3,4)5/h8-9H,6-7H2,1-5H3,(H,11,12). The molecule has 1 heterocycles. The second-order valence-corrected chi connectivity index (χ2v) is 8.75. The van der Waals surface area contributed by atoms with E-state index in [0.717, 1.165) is 12.8 Å². The van der Waals surface area contributed by atoms with Gasteiger partial charge >= 0.3 is 0 Å². The van der Waals surface area contributed by atoms with Gasteiger partial charge in [-0.3, -0.25) is 5.09 Å². The Morgan fingerprint density at radius 1 is 1.15 bits per heavy atom. The van der Waals surface area contributed by atoms with Gasteiger partial charge in [-0.25, -0.2) is 0 Å². The molecule has 0 aromatic heterocycles. The first-order chi connectivity index (χ1) is 5.76. The zero-order valence-corrected chi connectivity index (χ0v) is 10.3. The van der Waals surface area contributed by atoms with Gasteiger partial charge in [-0.1, -0.05) is 13.8 Å². The van der Waals surface area contributed by atoms with E-state index in [1.807, 2.05) is 0 Å².